The van der Waals surface area contributed by atoms with E-state index in [2.05, 4.69) is 26.2 Å². The molecule has 1 aromatic heterocycles. The van der Waals surface area contributed by atoms with Crippen LogP contribution in [0.1, 0.15) is 10.4 Å². The minimum atomic E-state index is -0.315. The fraction of sp³-hybridized carbons (Fsp3) is 0. The number of hydrogen-bond donors (Lipinski definition) is 1. The van der Waals surface area contributed by atoms with Crippen LogP contribution in [0.15, 0.2) is 41.0 Å². The van der Waals surface area contributed by atoms with Crippen LogP contribution in [0.5, 0.6) is 0 Å². The number of carbonyl (C=O) groups is 1. The molecule has 1 amide bonds. The lowest BCUT2D eigenvalue weighted by molar-refractivity contribution is 0.102. The molecule has 0 saturated carbocycles. The van der Waals surface area contributed by atoms with Crippen molar-refractivity contribution in [2.75, 3.05) is 5.32 Å². The Balaban J connectivity index is 2.22. The number of amides is 1. The molecule has 0 fully saturated rings. The van der Waals surface area contributed by atoms with Gasteiger partial charge in [-0.1, -0.05) is 39.1 Å². The number of carbonyl (C=O) groups excluding carboxylic acids is 1. The summed E-state index contributed by atoms with van der Waals surface area (Å²) in [6.45, 7) is 0. The number of nitrogens with zero attached hydrogens (tertiary/aromatic N) is 1. The maximum absolute atomic E-state index is 11.9. The first-order chi connectivity index (χ1) is 8.54. The largest absolute Gasteiger partial charge is 0.307 e. The predicted molar refractivity (Wildman–Crippen MR) is 76.4 cm³/mol. The molecule has 2 aromatic rings. The number of anilines is 1. The summed E-state index contributed by atoms with van der Waals surface area (Å²) in [5, 5.41) is 3.48. The molecule has 0 aliphatic carbocycles. The first-order valence-electron chi connectivity index (χ1n) is 4.93. The summed E-state index contributed by atoms with van der Waals surface area (Å²) in [7, 11) is 0. The van der Waals surface area contributed by atoms with Crippen molar-refractivity contribution in [3.8, 4) is 0 Å². The second-order valence-corrected chi connectivity index (χ2v) is 5.26. The van der Waals surface area contributed by atoms with Gasteiger partial charge in [0, 0.05) is 26.3 Å². The van der Waals surface area contributed by atoms with Gasteiger partial charge in [0.1, 0.15) is 5.82 Å². The van der Waals surface area contributed by atoms with Crippen LogP contribution in [0.25, 0.3) is 0 Å². The first kappa shape index (κ1) is 13.3. The molecule has 0 radical (unpaired) electrons. The molecule has 0 unspecified atom stereocenters. The SMILES string of the molecule is O=C(Nc1cc(Br)ccn1)c1cc(Cl)cc(Cl)c1. The van der Waals surface area contributed by atoms with E-state index in [1.54, 1.807) is 36.5 Å². The van der Waals surface area contributed by atoms with E-state index in [0.717, 1.165) is 4.47 Å². The second-order valence-electron chi connectivity index (χ2n) is 3.47. The molecule has 0 aliphatic rings. The lowest BCUT2D eigenvalue weighted by atomic mass is 10.2. The van der Waals surface area contributed by atoms with Gasteiger partial charge in [-0.3, -0.25) is 4.79 Å². The number of rotatable bonds is 2. The van der Waals surface area contributed by atoms with Crippen LogP contribution in [0.4, 0.5) is 5.82 Å². The molecule has 92 valence electrons. The van der Waals surface area contributed by atoms with Gasteiger partial charge in [0.05, 0.1) is 0 Å². The molecular weight excluding hydrogens is 339 g/mol. The van der Waals surface area contributed by atoms with E-state index in [4.69, 9.17) is 23.2 Å². The van der Waals surface area contributed by atoms with Gasteiger partial charge in [-0.25, -0.2) is 4.98 Å². The molecule has 0 atom stereocenters. The molecule has 0 spiro atoms. The average molecular weight is 346 g/mol. The summed E-state index contributed by atoms with van der Waals surface area (Å²) in [4.78, 5) is 16.0. The summed E-state index contributed by atoms with van der Waals surface area (Å²) >= 11 is 15.0. The monoisotopic (exact) mass is 344 g/mol. The van der Waals surface area contributed by atoms with E-state index in [-0.39, 0.29) is 5.91 Å². The van der Waals surface area contributed by atoms with Crippen molar-refractivity contribution in [1.29, 1.82) is 0 Å². The van der Waals surface area contributed by atoms with E-state index in [0.29, 0.717) is 21.4 Å². The van der Waals surface area contributed by atoms with Crippen molar-refractivity contribution >= 4 is 50.9 Å². The summed E-state index contributed by atoms with van der Waals surface area (Å²) in [6.07, 6.45) is 1.59. The lowest BCUT2D eigenvalue weighted by Gasteiger charge is -2.05. The van der Waals surface area contributed by atoms with Crippen LogP contribution in [0, 0.1) is 0 Å². The lowest BCUT2D eigenvalue weighted by Crippen LogP contribution is -2.12. The Bertz CT molecular complexity index is 584. The number of hydrogen-bond acceptors (Lipinski definition) is 2. The minimum absolute atomic E-state index is 0.315. The van der Waals surface area contributed by atoms with Crippen LogP contribution in [0.2, 0.25) is 10.0 Å². The van der Waals surface area contributed by atoms with Crippen LogP contribution in [0.3, 0.4) is 0 Å². The van der Waals surface area contributed by atoms with Crippen molar-refractivity contribution in [3.05, 3.63) is 56.6 Å². The van der Waals surface area contributed by atoms with Crippen molar-refractivity contribution in [1.82, 2.24) is 4.98 Å². The highest BCUT2D eigenvalue weighted by atomic mass is 79.9. The van der Waals surface area contributed by atoms with Gasteiger partial charge in [-0.05, 0) is 30.3 Å². The molecular formula is C12H7BrCl2N2O. The second kappa shape index (κ2) is 5.69. The van der Waals surface area contributed by atoms with E-state index >= 15 is 0 Å². The van der Waals surface area contributed by atoms with Crippen LogP contribution in [-0.4, -0.2) is 10.9 Å². The molecule has 18 heavy (non-hydrogen) atoms. The number of pyridine rings is 1. The van der Waals surface area contributed by atoms with Gasteiger partial charge < -0.3 is 5.32 Å². The van der Waals surface area contributed by atoms with Crippen molar-refractivity contribution < 1.29 is 4.79 Å². The summed E-state index contributed by atoms with van der Waals surface area (Å²) in [5.41, 5.74) is 0.384. The number of benzene rings is 1. The highest BCUT2D eigenvalue weighted by Gasteiger charge is 2.09. The molecule has 3 nitrogen and oxygen atoms in total. The molecule has 6 heteroatoms. The summed E-state index contributed by atoms with van der Waals surface area (Å²) < 4.78 is 0.830. The zero-order chi connectivity index (χ0) is 13.1. The van der Waals surface area contributed by atoms with Gasteiger partial charge >= 0.3 is 0 Å². The van der Waals surface area contributed by atoms with Crippen molar-refractivity contribution in [2.24, 2.45) is 0 Å². The Morgan fingerprint density at radius 1 is 1.17 bits per heavy atom. The standard InChI is InChI=1S/C12H7BrCl2N2O/c13-8-1-2-16-11(5-8)17-12(18)7-3-9(14)6-10(15)4-7/h1-6H,(H,16,17,18). The highest BCUT2D eigenvalue weighted by Crippen LogP contribution is 2.20. The third kappa shape index (κ3) is 3.45. The molecule has 1 heterocycles. The number of aromatic nitrogens is 1. The van der Waals surface area contributed by atoms with Crippen molar-refractivity contribution in [3.63, 3.8) is 0 Å². The molecule has 0 saturated heterocycles. The zero-order valence-corrected chi connectivity index (χ0v) is 12.1. The quantitative estimate of drug-likeness (QED) is 0.876. The van der Waals surface area contributed by atoms with Gasteiger partial charge in [0.25, 0.3) is 5.91 Å². The topological polar surface area (TPSA) is 42.0 Å². The van der Waals surface area contributed by atoms with Crippen LogP contribution < -0.4 is 5.32 Å². The molecule has 2 rings (SSSR count). The molecule has 0 aliphatic heterocycles. The summed E-state index contributed by atoms with van der Waals surface area (Å²) in [6, 6.07) is 8.12. The fourth-order valence-electron chi connectivity index (χ4n) is 1.35. The predicted octanol–water partition coefficient (Wildman–Crippen LogP) is 4.40. The smallest absolute Gasteiger partial charge is 0.256 e. The van der Waals surface area contributed by atoms with E-state index < -0.39 is 0 Å². The Hall–Kier alpha value is -1.10. The van der Waals surface area contributed by atoms with E-state index in [1.165, 1.54) is 0 Å². The van der Waals surface area contributed by atoms with Crippen molar-refractivity contribution in [2.45, 2.75) is 0 Å². The number of halogens is 3. The van der Waals surface area contributed by atoms with Gasteiger partial charge in [-0.15, -0.1) is 0 Å². The maximum atomic E-state index is 11.9. The third-order valence-electron chi connectivity index (χ3n) is 2.09. The normalized spacial score (nSPS) is 10.2. The van der Waals surface area contributed by atoms with Gasteiger partial charge in [-0.2, -0.15) is 0 Å². The van der Waals surface area contributed by atoms with E-state index in [9.17, 15) is 4.79 Å². The van der Waals surface area contributed by atoms with Gasteiger partial charge in [0.15, 0.2) is 0 Å². The Morgan fingerprint density at radius 2 is 1.83 bits per heavy atom. The average Bonchev–Trinajstić information content (AvgIpc) is 2.27. The van der Waals surface area contributed by atoms with Crippen LogP contribution in [-0.2, 0) is 0 Å². The maximum Gasteiger partial charge on any atom is 0.256 e. The first-order valence-corrected chi connectivity index (χ1v) is 6.48. The summed E-state index contributed by atoms with van der Waals surface area (Å²) in [5.74, 6) is 0.135. The van der Waals surface area contributed by atoms with Crippen LogP contribution >= 0.6 is 39.1 Å². The Labute approximate surface area is 122 Å². The fourth-order valence-corrected chi connectivity index (χ4v) is 2.21. The number of nitrogens with one attached hydrogen (secondary N) is 1. The Kier molecular flexibility index (Phi) is 4.22. The molecule has 1 aromatic carbocycles. The molecule has 1 N–H and O–H groups in total. The Morgan fingerprint density at radius 3 is 2.44 bits per heavy atom. The third-order valence-corrected chi connectivity index (χ3v) is 3.02. The van der Waals surface area contributed by atoms with Gasteiger partial charge in [0.2, 0.25) is 0 Å². The molecule has 0 bridgehead atoms. The minimum Gasteiger partial charge on any atom is -0.307 e. The zero-order valence-electron chi connectivity index (χ0n) is 8.95. The highest BCUT2D eigenvalue weighted by molar-refractivity contribution is 9.10. The van der Waals surface area contributed by atoms with E-state index in [1.807, 2.05) is 0 Å².